The van der Waals surface area contributed by atoms with Crippen LogP contribution in [0.15, 0.2) is 23.1 Å². The summed E-state index contributed by atoms with van der Waals surface area (Å²) in [5.74, 6) is -0.380. The van der Waals surface area contributed by atoms with Gasteiger partial charge in [-0.1, -0.05) is 23.8 Å². The number of sulfonamides is 1. The van der Waals surface area contributed by atoms with E-state index in [0.717, 1.165) is 4.31 Å². The molecule has 0 atom stereocenters. The van der Waals surface area contributed by atoms with Crippen LogP contribution in [0.1, 0.15) is 12.5 Å². The average molecular weight is 350 g/mol. The molecule has 1 amide bonds. The lowest BCUT2D eigenvalue weighted by Crippen LogP contribution is -2.38. The Morgan fingerprint density at radius 2 is 2.10 bits per heavy atom. The Balaban J connectivity index is 3.05. The minimum Gasteiger partial charge on any atom is -0.389 e. The molecule has 3 N–H and O–H groups in total. The Morgan fingerprint density at radius 1 is 1.48 bits per heavy atom. The summed E-state index contributed by atoms with van der Waals surface area (Å²) in [4.78, 5) is 11.5. The second kappa shape index (κ2) is 7.17. The fourth-order valence-electron chi connectivity index (χ4n) is 1.58. The monoisotopic (exact) mass is 349 g/mol. The molecular weight excluding hydrogens is 334 g/mol. The minimum atomic E-state index is -3.81. The molecule has 1 rings (SSSR count). The van der Waals surface area contributed by atoms with E-state index in [0.29, 0.717) is 12.1 Å². The molecule has 0 spiro atoms. The molecule has 9 heteroatoms. The van der Waals surface area contributed by atoms with Crippen molar-refractivity contribution in [3.05, 3.63) is 28.8 Å². The van der Waals surface area contributed by atoms with Gasteiger partial charge in [0.05, 0.1) is 16.5 Å². The van der Waals surface area contributed by atoms with E-state index in [1.54, 1.807) is 6.92 Å². The third kappa shape index (κ3) is 4.37. The van der Waals surface area contributed by atoms with Gasteiger partial charge in [-0.25, -0.2) is 8.42 Å². The number of carbonyl (C=O) groups excluding carboxylic acids is 1. The van der Waals surface area contributed by atoms with Gasteiger partial charge in [-0.05, 0) is 25.1 Å². The van der Waals surface area contributed by atoms with Gasteiger partial charge in [0.1, 0.15) is 4.99 Å². The fraction of sp³-hybridized carbons (Fsp3) is 0.333. The van der Waals surface area contributed by atoms with Gasteiger partial charge in [0.15, 0.2) is 0 Å². The number of likely N-dealkylation sites (N-methyl/N-ethyl adjacent to an activating group) is 2. The number of nitrogens with one attached hydrogen (secondary N) is 1. The van der Waals surface area contributed by atoms with Crippen LogP contribution in [0.2, 0.25) is 5.02 Å². The molecule has 116 valence electrons. The van der Waals surface area contributed by atoms with Crippen molar-refractivity contribution in [1.82, 2.24) is 9.62 Å². The SMILES string of the molecule is CCNC(=O)CN(C)S(=O)(=O)c1ccc(C(N)=S)c(Cl)c1. The molecule has 6 nitrogen and oxygen atoms in total. The van der Waals surface area contributed by atoms with Crippen LogP contribution >= 0.6 is 23.8 Å². The van der Waals surface area contributed by atoms with Gasteiger partial charge in [0.25, 0.3) is 0 Å². The minimum absolute atomic E-state index is 0.0284. The number of nitrogens with two attached hydrogens (primary N) is 1. The molecule has 0 aliphatic heterocycles. The summed E-state index contributed by atoms with van der Waals surface area (Å²) in [6.45, 7) is 1.91. The van der Waals surface area contributed by atoms with Crippen molar-refractivity contribution in [2.24, 2.45) is 5.73 Å². The Kier molecular flexibility index (Phi) is 6.09. The van der Waals surface area contributed by atoms with Gasteiger partial charge < -0.3 is 11.1 Å². The zero-order valence-corrected chi connectivity index (χ0v) is 14.0. The van der Waals surface area contributed by atoms with E-state index in [9.17, 15) is 13.2 Å². The molecule has 0 saturated carbocycles. The summed E-state index contributed by atoms with van der Waals surface area (Å²) in [6, 6.07) is 4.06. The maximum absolute atomic E-state index is 12.3. The van der Waals surface area contributed by atoms with E-state index in [1.165, 1.54) is 25.2 Å². The Labute approximate surface area is 134 Å². The highest BCUT2D eigenvalue weighted by Crippen LogP contribution is 2.22. The Morgan fingerprint density at radius 3 is 2.57 bits per heavy atom. The van der Waals surface area contributed by atoms with Crippen LogP contribution in [0.5, 0.6) is 0 Å². The first kappa shape index (κ1) is 17.8. The normalized spacial score (nSPS) is 11.4. The number of halogens is 1. The topological polar surface area (TPSA) is 92.5 Å². The molecule has 0 unspecified atom stereocenters. The molecule has 0 aliphatic carbocycles. The first-order valence-corrected chi connectivity index (χ1v) is 8.25. The Bertz CT molecular complexity index is 662. The lowest BCUT2D eigenvalue weighted by molar-refractivity contribution is -0.121. The molecule has 1 aromatic rings. The number of nitrogens with zero attached hydrogens (tertiary/aromatic N) is 1. The van der Waals surface area contributed by atoms with Crippen molar-refractivity contribution in [3.8, 4) is 0 Å². The summed E-state index contributed by atoms with van der Waals surface area (Å²) in [6.07, 6.45) is 0. The van der Waals surface area contributed by atoms with Gasteiger partial charge in [-0.2, -0.15) is 4.31 Å². The van der Waals surface area contributed by atoms with Crippen LogP contribution < -0.4 is 11.1 Å². The summed E-state index contributed by atoms with van der Waals surface area (Å²) in [7, 11) is -2.49. The molecule has 0 saturated heterocycles. The predicted octanol–water partition coefficient (Wildman–Crippen LogP) is 0.731. The molecule has 0 bridgehead atoms. The zero-order valence-electron chi connectivity index (χ0n) is 11.6. The summed E-state index contributed by atoms with van der Waals surface area (Å²) >= 11 is 10.8. The summed E-state index contributed by atoms with van der Waals surface area (Å²) < 4.78 is 25.6. The molecule has 0 radical (unpaired) electrons. The van der Waals surface area contributed by atoms with Crippen molar-refractivity contribution in [2.75, 3.05) is 20.1 Å². The van der Waals surface area contributed by atoms with E-state index in [2.05, 4.69) is 5.32 Å². The van der Waals surface area contributed by atoms with Crippen LogP contribution in [-0.4, -0.2) is 43.8 Å². The van der Waals surface area contributed by atoms with Gasteiger partial charge in [-0.15, -0.1) is 0 Å². The predicted molar refractivity (Wildman–Crippen MR) is 85.8 cm³/mol. The second-order valence-electron chi connectivity index (χ2n) is 4.22. The molecule has 0 aliphatic rings. The third-order valence-corrected chi connectivity index (χ3v) is 4.99. The maximum atomic E-state index is 12.3. The number of benzene rings is 1. The molecule has 0 heterocycles. The van der Waals surface area contributed by atoms with Crippen LogP contribution in [0.25, 0.3) is 0 Å². The number of carbonyl (C=O) groups is 1. The first-order chi connectivity index (χ1) is 9.70. The van der Waals surface area contributed by atoms with Crippen molar-refractivity contribution in [2.45, 2.75) is 11.8 Å². The lowest BCUT2D eigenvalue weighted by Gasteiger charge is -2.17. The van der Waals surface area contributed by atoms with E-state index in [-0.39, 0.29) is 27.4 Å². The van der Waals surface area contributed by atoms with Gasteiger partial charge in [0.2, 0.25) is 15.9 Å². The average Bonchev–Trinajstić information content (AvgIpc) is 2.38. The van der Waals surface area contributed by atoms with Crippen molar-refractivity contribution < 1.29 is 13.2 Å². The number of hydrogen-bond acceptors (Lipinski definition) is 4. The largest absolute Gasteiger partial charge is 0.389 e. The molecule has 1 aromatic carbocycles. The fourth-order valence-corrected chi connectivity index (χ4v) is 3.31. The van der Waals surface area contributed by atoms with E-state index >= 15 is 0 Å². The number of amides is 1. The quantitative estimate of drug-likeness (QED) is 0.739. The number of rotatable bonds is 6. The highest BCUT2D eigenvalue weighted by molar-refractivity contribution is 7.89. The van der Waals surface area contributed by atoms with Crippen LogP contribution in [0, 0.1) is 0 Å². The van der Waals surface area contributed by atoms with E-state index in [1.807, 2.05) is 0 Å². The highest BCUT2D eigenvalue weighted by Gasteiger charge is 2.23. The van der Waals surface area contributed by atoms with Crippen molar-refractivity contribution in [1.29, 1.82) is 0 Å². The van der Waals surface area contributed by atoms with E-state index in [4.69, 9.17) is 29.6 Å². The molecular formula is C12H16ClN3O3S2. The lowest BCUT2D eigenvalue weighted by atomic mass is 10.2. The first-order valence-electron chi connectivity index (χ1n) is 6.02. The van der Waals surface area contributed by atoms with Crippen LogP contribution in [0.4, 0.5) is 0 Å². The Hall–Kier alpha value is -1.22. The maximum Gasteiger partial charge on any atom is 0.243 e. The van der Waals surface area contributed by atoms with E-state index < -0.39 is 10.0 Å². The van der Waals surface area contributed by atoms with Gasteiger partial charge in [-0.3, -0.25) is 4.79 Å². The van der Waals surface area contributed by atoms with Crippen LogP contribution in [0.3, 0.4) is 0 Å². The zero-order chi connectivity index (χ0) is 16.2. The molecule has 21 heavy (non-hydrogen) atoms. The highest BCUT2D eigenvalue weighted by atomic mass is 35.5. The number of thiocarbonyl (C=S) groups is 1. The molecule has 0 aromatic heterocycles. The summed E-state index contributed by atoms with van der Waals surface area (Å²) in [5.41, 5.74) is 5.87. The van der Waals surface area contributed by atoms with Crippen molar-refractivity contribution in [3.63, 3.8) is 0 Å². The smallest absolute Gasteiger partial charge is 0.243 e. The van der Waals surface area contributed by atoms with Crippen LogP contribution in [-0.2, 0) is 14.8 Å². The third-order valence-electron chi connectivity index (χ3n) is 2.65. The second-order valence-corrected chi connectivity index (χ2v) is 7.11. The van der Waals surface area contributed by atoms with Crippen molar-refractivity contribution >= 4 is 44.7 Å². The molecule has 0 fully saturated rings. The number of hydrogen-bond donors (Lipinski definition) is 2. The van der Waals surface area contributed by atoms with Gasteiger partial charge >= 0.3 is 0 Å². The summed E-state index contributed by atoms with van der Waals surface area (Å²) in [5, 5.41) is 2.68. The standard InChI is InChI=1S/C12H16ClN3O3S2/c1-3-15-11(17)7-16(2)21(18,19)8-4-5-9(12(14)20)10(13)6-8/h4-6H,3,7H2,1-2H3,(H2,14,20)(H,15,17). The van der Waals surface area contributed by atoms with Gasteiger partial charge in [0, 0.05) is 19.2 Å².